The summed E-state index contributed by atoms with van der Waals surface area (Å²) in [6.07, 6.45) is 4.18. The third kappa shape index (κ3) is 3.51. The molecule has 1 saturated heterocycles. The first-order valence-corrected chi connectivity index (χ1v) is 8.57. The van der Waals surface area contributed by atoms with Gasteiger partial charge in [-0.3, -0.25) is 5.10 Å². The number of nitrogens with one attached hydrogen (secondary N) is 2. The first kappa shape index (κ1) is 15.7. The number of hydrogen-bond acceptors (Lipinski definition) is 7. The van der Waals surface area contributed by atoms with Crippen LogP contribution in [-0.2, 0) is 0 Å². The van der Waals surface area contributed by atoms with Crippen LogP contribution < -0.4 is 16.0 Å². The number of nitrogens with zero attached hydrogens (tertiary/aromatic N) is 5. The van der Waals surface area contributed by atoms with Gasteiger partial charge in [0, 0.05) is 49.9 Å². The summed E-state index contributed by atoms with van der Waals surface area (Å²) in [4.78, 5) is 13.6. The molecule has 4 N–H and O–H groups in total. The number of H-pyrrole nitrogens is 1. The van der Waals surface area contributed by atoms with Gasteiger partial charge in [-0.1, -0.05) is 0 Å². The molecule has 25 heavy (non-hydrogen) atoms. The van der Waals surface area contributed by atoms with Gasteiger partial charge in [0.25, 0.3) is 0 Å². The molecule has 4 rings (SSSR count). The van der Waals surface area contributed by atoms with Crippen LogP contribution in [0.3, 0.4) is 0 Å². The Morgan fingerprint density at radius 1 is 1.28 bits per heavy atom. The number of hydrogen-bond donors (Lipinski definition) is 3. The Balaban J connectivity index is 1.58. The highest BCUT2D eigenvalue weighted by Gasteiger charge is 2.25. The van der Waals surface area contributed by atoms with E-state index in [1.807, 2.05) is 6.07 Å². The molecule has 0 spiro atoms. The molecule has 0 radical (unpaired) electrons. The fourth-order valence-electron chi connectivity index (χ4n) is 2.92. The molecule has 0 atom stereocenters. The van der Waals surface area contributed by atoms with E-state index in [1.165, 1.54) is 18.5 Å². The molecule has 1 aliphatic heterocycles. The van der Waals surface area contributed by atoms with Crippen molar-refractivity contribution in [3.63, 3.8) is 0 Å². The summed E-state index contributed by atoms with van der Waals surface area (Å²) in [7, 11) is 2.13. The number of nitrogens with two attached hydrogens (primary N) is 1. The van der Waals surface area contributed by atoms with Crippen LogP contribution in [0.15, 0.2) is 12.3 Å². The fourth-order valence-corrected chi connectivity index (χ4v) is 2.92. The Hall–Kier alpha value is -2.79. The van der Waals surface area contributed by atoms with Gasteiger partial charge >= 0.3 is 0 Å². The first-order chi connectivity index (χ1) is 12.2. The topological polar surface area (TPSA) is 99.0 Å². The molecule has 1 saturated carbocycles. The van der Waals surface area contributed by atoms with E-state index in [4.69, 9.17) is 5.73 Å². The minimum Gasteiger partial charge on any atom is -0.359 e. The van der Waals surface area contributed by atoms with Crippen LogP contribution in [0.4, 0.5) is 17.6 Å². The fraction of sp³-hybridized carbons (Fsp3) is 0.471. The highest BCUT2D eigenvalue weighted by molar-refractivity contribution is 5.62. The van der Waals surface area contributed by atoms with Gasteiger partial charge in [0.2, 0.25) is 5.95 Å². The van der Waals surface area contributed by atoms with Gasteiger partial charge < -0.3 is 20.9 Å². The Morgan fingerprint density at radius 3 is 2.80 bits per heavy atom. The van der Waals surface area contributed by atoms with Crippen LogP contribution in [0.5, 0.6) is 0 Å². The summed E-state index contributed by atoms with van der Waals surface area (Å²) in [5, 5.41) is 10.7. The summed E-state index contributed by atoms with van der Waals surface area (Å²) < 4.78 is 0. The van der Waals surface area contributed by atoms with E-state index in [-0.39, 0.29) is 0 Å². The predicted octanol–water partition coefficient (Wildman–Crippen LogP) is 0.840. The lowest BCUT2D eigenvalue weighted by Crippen LogP contribution is -2.45. The van der Waals surface area contributed by atoms with Gasteiger partial charge in [-0.25, -0.2) is 4.98 Å². The van der Waals surface area contributed by atoms with Gasteiger partial charge in [0.1, 0.15) is 0 Å². The summed E-state index contributed by atoms with van der Waals surface area (Å²) in [6, 6.07) is 4.47. The Labute approximate surface area is 146 Å². The molecule has 0 amide bonds. The van der Waals surface area contributed by atoms with Crippen LogP contribution in [0, 0.1) is 12.0 Å². The molecule has 2 aliphatic rings. The number of rotatable bonds is 4. The third-order valence-electron chi connectivity index (χ3n) is 4.63. The van der Waals surface area contributed by atoms with Crippen molar-refractivity contribution in [3.05, 3.63) is 23.5 Å². The second-order valence-corrected chi connectivity index (χ2v) is 6.60. The molecule has 2 aromatic heterocycles. The van der Waals surface area contributed by atoms with Crippen molar-refractivity contribution >= 4 is 17.6 Å². The lowest BCUT2D eigenvalue weighted by atomic mass is 10.3. The molecule has 0 aromatic carbocycles. The highest BCUT2D eigenvalue weighted by Crippen LogP contribution is 2.39. The molecule has 130 valence electrons. The maximum Gasteiger partial charge on any atom is 0.227 e. The van der Waals surface area contributed by atoms with E-state index in [2.05, 4.69) is 54.3 Å². The minimum absolute atomic E-state index is 0.623. The number of piperazine rings is 1. The lowest BCUT2D eigenvalue weighted by Gasteiger charge is -2.32. The highest BCUT2D eigenvalue weighted by atomic mass is 15.3. The molecule has 8 heteroatoms. The molecule has 2 aromatic rings. The zero-order valence-corrected chi connectivity index (χ0v) is 14.3. The number of anilines is 3. The lowest BCUT2D eigenvalue weighted by molar-refractivity contribution is 0.311. The van der Waals surface area contributed by atoms with Crippen LogP contribution >= 0.6 is 0 Å². The summed E-state index contributed by atoms with van der Waals surface area (Å²) in [6.45, 7) is 3.82. The van der Waals surface area contributed by atoms with E-state index < -0.39 is 0 Å². The molecule has 8 nitrogen and oxygen atoms in total. The molecule has 0 bridgehead atoms. The van der Waals surface area contributed by atoms with Crippen molar-refractivity contribution in [2.24, 2.45) is 5.73 Å². The van der Waals surface area contributed by atoms with E-state index in [0.29, 0.717) is 23.2 Å². The Kier molecular flexibility index (Phi) is 4.15. The van der Waals surface area contributed by atoms with Crippen molar-refractivity contribution in [2.45, 2.75) is 18.8 Å². The van der Waals surface area contributed by atoms with Gasteiger partial charge in [-0.2, -0.15) is 10.1 Å². The molecule has 3 heterocycles. The number of likely N-dealkylation sites (N-methyl/N-ethyl adjacent to an activating group) is 1. The van der Waals surface area contributed by atoms with Crippen LogP contribution in [0.2, 0.25) is 0 Å². The Bertz CT molecular complexity index is 806. The molecular formula is C17H22N8. The average Bonchev–Trinajstić information content (AvgIpc) is 3.37. The molecule has 1 aliphatic carbocycles. The minimum atomic E-state index is 0.623. The van der Waals surface area contributed by atoms with Crippen LogP contribution in [-0.4, -0.2) is 58.3 Å². The molecule has 2 fully saturated rings. The summed E-state index contributed by atoms with van der Waals surface area (Å²) >= 11 is 0. The largest absolute Gasteiger partial charge is 0.359 e. The maximum atomic E-state index is 5.39. The van der Waals surface area contributed by atoms with Crippen molar-refractivity contribution < 1.29 is 0 Å². The average molecular weight is 338 g/mol. The van der Waals surface area contributed by atoms with Crippen molar-refractivity contribution in [1.82, 2.24) is 25.1 Å². The van der Waals surface area contributed by atoms with E-state index in [1.54, 1.807) is 6.20 Å². The third-order valence-corrected chi connectivity index (χ3v) is 4.63. The van der Waals surface area contributed by atoms with Gasteiger partial charge in [-0.05, 0) is 25.8 Å². The maximum absolute atomic E-state index is 5.39. The van der Waals surface area contributed by atoms with Crippen molar-refractivity contribution in [3.8, 4) is 12.0 Å². The van der Waals surface area contributed by atoms with E-state index in [9.17, 15) is 0 Å². The molecular weight excluding hydrogens is 316 g/mol. The first-order valence-electron chi connectivity index (χ1n) is 8.57. The van der Waals surface area contributed by atoms with Crippen molar-refractivity contribution in [1.29, 1.82) is 0 Å². The zero-order chi connectivity index (χ0) is 17.2. The summed E-state index contributed by atoms with van der Waals surface area (Å²) in [5.41, 5.74) is 7.22. The van der Waals surface area contributed by atoms with Gasteiger partial charge in [0.15, 0.2) is 11.6 Å². The van der Waals surface area contributed by atoms with Crippen LogP contribution in [0.1, 0.15) is 30.0 Å². The summed E-state index contributed by atoms with van der Waals surface area (Å²) in [5.74, 6) is 5.55. The predicted molar refractivity (Wildman–Crippen MR) is 96.7 cm³/mol. The number of aromatic amines is 1. The van der Waals surface area contributed by atoms with E-state index in [0.717, 1.165) is 32.0 Å². The van der Waals surface area contributed by atoms with Gasteiger partial charge in [0.05, 0.1) is 11.8 Å². The van der Waals surface area contributed by atoms with Crippen molar-refractivity contribution in [2.75, 3.05) is 43.4 Å². The second-order valence-electron chi connectivity index (χ2n) is 6.60. The SMILES string of the molecule is CN1CCN(c2ncc(C#CN)c(Nc3cc(C4CC4)[nH]n3)n2)CC1. The van der Waals surface area contributed by atoms with E-state index >= 15 is 0 Å². The van der Waals surface area contributed by atoms with Gasteiger partial charge in [-0.15, -0.1) is 0 Å². The van der Waals surface area contributed by atoms with Crippen LogP contribution in [0.25, 0.3) is 0 Å². The second kappa shape index (κ2) is 6.61. The normalized spacial score (nSPS) is 17.9. The number of aromatic nitrogens is 4. The monoisotopic (exact) mass is 338 g/mol. The standard InChI is InChI=1S/C17H22N8/c1-24-6-8-25(9-7-24)17-19-11-13(4-5-18)16(21-17)20-15-10-14(22-23-15)12-2-3-12/h10-12H,2-3,6-9,18H2,1H3,(H2,19,20,21,22,23). The smallest absolute Gasteiger partial charge is 0.227 e. The Morgan fingerprint density at radius 2 is 2.08 bits per heavy atom. The quantitative estimate of drug-likeness (QED) is 0.561. The molecule has 0 unspecified atom stereocenters. The zero-order valence-electron chi connectivity index (χ0n) is 14.3.